The van der Waals surface area contributed by atoms with Crippen molar-refractivity contribution in [3.63, 3.8) is 0 Å². The first kappa shape index (κ1) is 24.3. The number of hydrogen-bond acceptors (Lipinski definition) is 4. The largest absolute Gasteiger partial charge is 0.312 e. The molecule has 0 aliphatic carbocycles. The second-order valence-corrected chi connectivity index (χ2v) is 9.24. The van der Waals surface area contributed by atoms with Gasteiger partial charge in [0.2, 0.25) is 11.8 Å². The Labute approximate surface area is 204 Å². The third-order valence-corrected chi connectivity index (χ3v) is 7.21. The van der Waals surface area contributed by atoms with E-state index in [2.05, 4.69) is 0 Å². The maximum absolute atomic E-state index is 14.8. The van der Waals surface area contributed by atoms with Crippen LogP contribution in [0.3, 0.4) is 0 Å². The maximum Gasteiger partial charge on any atom is 0.223 e. The van der Waals surface area contributed by atoms with Crippen LogP contribution in [0.4, 0.5) is 20.2 Å². The fourth-order valence-corrected chi connectivity index (χ4v) is 4.88. The quantitative estimate of drug-likeness (QED) is 0.450. The molecule has 0 bridgehead atoms. The van der Waals surface area contributed by atoms with Crippen molar-refractivity contribution < 1.29 is 28.0 Å². The number of fused-ring (bicyclic) bond motifs is 2. The minimum atomic E-state index is -1.66. The Morgan fingerprint density at radius 1 is 0.735 bits per heavy atom. The van der Waals surface area contributed by atoms with Gasteiger partial charge >= 0.3 is 0 Å². The second kappa shape index (κ2) is 9.07. The average Bonchev–Trinajstić information content (AvgIpc) is 3.39. The van der Waals surface area contributed by atoms with Gasteiger partial charge in [-0.05, 0) is 48.2 Å². The van der Waals surface area contributed by atoms with Crippen LogP contribution in [-0.2, 0) is 22.4 Å². The zero-order valence-corrected chi connectivity index (χ0v) is 19.8. The average molecular weight is 509 g/mol. The van der Waals surface area contributed by atoms with Crippen LogP contribution in [-0.4, -0.2) is 47.2 Å². The molecule has 6 nitrogen and oxygen atoms in total. The van der Waals surface area contributed by atoms with Gasteiger partial charge < -0.3 is 9.80 Å². The maximum atomic E-state index is 14.8. The van der Waals surface area contributed by atoms with E-state index < -0.39 is 34.0 Å². The summed E-state index contributed by atoms with van der Waals surface area (Å²) in [6.07, 6.45) is 0.868. The van der Waals surface area contributed by atoms with Gasteiger partial charge in [0.15, 0.2) is 11.6 Å². The van der Waals surface area contributed by atoms with Crippen molar-refractivity contribution >= 4 is 58.0 Å². The number of carbonyl (C=O) groups excluding carboxylic acids is 4. The molecule has 178 valence electrons. The summed E-state index contributed by atoms with van der Waals surface area (Å²) in [5, 5.41) is -3.32. The normalized spacial score (nSPS) is 16.2. The van der Waals surface area contributed by atoms with E-state index in [1.165, 1.54) is 35.8 Å². The second-order valence-electron chi connectivity index (χ2n) is 8.29. The van der Waals surface area contributed by atoms with Crippen LogP contribution in [0.1, 0.15) is 45.7 Å². The van der Waals surface area contributed by atoms with Crippen molar-refractivity contribution in [2.75, 3.05) is 22.9 Å². The van der Waals surface area contributed by atoms with Crippen LogP contribution in [0, 0.1) is 11.6 Å². The lowest BCUT2D eigenvalue weighted by molar-refractivity contribution is -0.117. The Kier molecular flexibility index (Phi) is 6.48. The van der Waals surface area contributed by atoms with Gasteiger partial charge in [0, 0.05) is 38.3 Å². The smallest absolute Gasteiger partial charge is 0.223 e. The van der Waals surface area contributed by atoms with Crippen LogP contribution in [0.15, 0.2) is 24.3 Å². The standard InChI is InChI=1S/C24H20Cl2F2N2O4/c1-11(31)29-5-3-13-7-15(17(27)9-19(13)29)23(33)21(25)22(26)24(34)16-8-14-4-6-30(12(2)32)20(14)10-18(16)28/h7-10,21-22H,3-6H2,1-2H3. The van der Waals surface area contributed by atoms with Gasteiger partial charge in [0.1, 0.15) is 22.4 Å². The lowest BCUT2D eigenvalue weighted by atomic mass is 9.96. The fourth-order valence-electron chi connectivity index (χ4n) is 4.42. The van der Waals surface area contributed by atoms with E-state index in [9.17, 15) is 28.0 Å². The third-order valence-electron chi connectivity index (χ3n) is 6.18. The van der Waals surface area contributed by atoms with Crippen LogP contribution < -0.4 is 9.80 Å². The molecule has 2 atom stereocenters. The van der Waals surface area contributed by atoms with Crippen molar-refractivity contribution in [1.29, 1.82) is 0 Å². The molecule has 4 rings (SSSR count). The molecule has 0 fully saturated rings. The summed E-state index contributed by atoms with van der Waals surface area (Å²) in [5.74, 6) is -4.12. The number of Topliss-reactive ketones (excluding diaryl/α,β-unsaturated/α-hetero) is 2. The van der Waals surface area contributed by atoms with E-state index in [-0.39, 0.29) is 22.9 Å². The number of carbonyl (C=O) groups is 4. The van der Waals surface area contributed by atoms with Crippen LogP contribution in [0.5, 0.6) is 0 Å². The first-order chi connectivity index (χ1) is 16.0. The summed E-state index contributed by atoms with van der Waals surface area (Å²) < 4.78 is 29.5. The zero-order chi connectivity index (χ0) is 24.9. The molecule has 0 N–H and O–H groups in total. The Bertz CT molecular complexity index is 1150. The molecule has 2 aliphatic heterocycles. The number of anilines is 2. The van der Waals surface area contributed by atoms with Crippen LogP contribution >= 0.6 is 23.2 Å². The Morgan fingerprint density at radius 3 is 1.41 bits per heavy atom. The number of hydrogen-bond donors (Lipinski definition) is 0. The minimum absolute atomic E-state index is 0.248. The van der Waals surface area contributed by atoms with Crippen molar-refractivity contribution in [3.05, 3.63) is 58.2 Å². The van der Waals surface area contributed by atoms with E-state index in [1.54, 1.807) is 0 Å². The summed E-state index contributed by atoms with van der Waals surface area (Å²) in [7, 11) is 0. The van der Waals surface area contributed by atoms with Crippen molar-refractivity contribution in [1.82, 2.24) is 0 Å². The van der Waals surface area contributed by atoms with E-state index in [0.717, 1.165) is 12.1 Å². The summed E-state index contributed by atoms with van der Waals surface area (Å²) >= 11 is 12.4. The van der Waals surface area contributed by atoms with Gasteiger partial charge in [-0.1, -0.05) is 0 Å². The predicted octanol–water partition coefficient (Wildman–Crippen LogP) is 4.06. The zero-order valence-electron chi connectivity index (χ0n) is 18.3. The molecule has 2 heterocycles. The number of benzene rings is 2. The van der Waals surface area contributed by atoms with E-state index in [4.69, 9.17) is 23.2 Å². The monoisotopic (exact) mass is 508 g/mol. The molecule has 2 unspecified atom stereocenters. The number of nitrogens with zero attached hydrogens (tertiary/aromatic N) is 2. The summed E-state index contributed by atoms with van der Waals surface area (Å²) in [5.41, 5.74) is 1.25. The molecule has 34 heavy (non-hydrogen) atoms. The van der Waals surface area contributed by atoms with E-state index in [1.807, 2.05) is 0 Å². The Morgan fingerprint density at radius 2 is 1.09 bits per heavy atom. The summed E-state index contributed by atoms with van der Waals surface area (Å²) in [4.78, 5) is 52.1. The lowest BCUT2D eigenvalue weighted by Crippen LogP contribution is -2.33. The third kappa shape index (κ3) is 4.09. The van der Waals surface area contributed by atoms with E-state index in [0.29, 0.717) is 48.4 Å². The first-order valence-electron chi connectivity index (χ1n) is 10.6. The number of halogens is 4. The SMILES string of the molecule is CC(=O)N1CCc2cc(C(=O)C(Cl)C(Cl)C(=O)c3cc4c(cc3F)N(C(C)=O)CC4)c(F)cc21. The molecule has 0 saturated heterocycles. The van der Waals surface area contributed by atoms with Crippen LogP contribution in [0.2, 0.25) is 0 Å². The van der Waals surface area contributed by atoms with Crippen molar-refractivity contribution in [2.24, 2.45) is 0 Å². The van der Waals surface area contributed by atoms with Gasteiger partial charge in [-0.25, -0.2) is 8.78 Å². The Balaban J connectivity index is 1.58. The molecule has 0 saturated carbocycles. The molecule has 10 heteroatoms. The first-order valence-corrected chi connectivity index (χ1v) is 11.5. The molecule has 0 aromatic heterocycles. The molecule has 2 aromatic rings. The van der Waals surface area contributed by atoms with Crippen molar-refractivity contribution in [2.45, 2.75) is 37.4 Å². The Hall–Kier alpha value is -2.84. The number of rotatable bonds is 5. The topological polar surface area (TPSA) is 74.8 Å². The van der Waals surface area contributed by atoms with Crippen molar-refractivity contribution in [3.8, 4) is 0 Å². The van der Waals surface area contributed by atoms with Gasteiger partial charge in [-0.3, -0.25) is 19.2 Å². The van der Waals surface area contributed by atoms with Gasteiger partial charge in [-0.2, -0.15) is 0 Å². The number of amides is 2. The minimum Gasteiger partial charge on any atom is -0.312 e. The van der Waals surface area contributed by atoms with Gasteiger partial charge in [-0.15, -0.1) is 23.2 Å². The molecule has 0 spiro atoms. The number of alkyl halides is 2. The fraction of sp³-hybridized carbons (Fsp3) is 0.333. The number of ketones is 2. The molecule has 2 amide bonds. The highest BCUT2D eigenvalue weighted by Gasteiger charge is 2.36. The lowest BCUT2D eigenvalue weighted by Gasteiger charge is -2.18. The molecule has 0 radical (unpaired) electrons. The molecule has 2 aliphatic rings. The highest BCUT2D eigenvalue weighted by molar-refractivity contribution is 6.46. The summed E-state index contributed by atoms with van der Waals surface area (Å²) in [6.45, 7) is 3.45. The van der Waals surface area contributed by atoms with Gasteiger partial charge in [0.05, 0.1) is 11.1 Å². The molecular weight excluding hydrogens is 489 g/mol. The molecular formula is C24H20Cl2F2N2O4. The van der Waals surface area contributed by atoms with Crippen LogP contribution in [0.25, 0.3) is 0 Å². The van der Waals surface area contributed by atoms with Gasteiger partial charge in [0.25, 0.3) is 0 Å². The molecule has 2 aromatic carbocycles. The predicted molar refractivity (Wildman–Crippen MR) is 124 cm³/mol. The highest BCUT2D eigenvalue weighted by atomic mass is 35.5. The van der Waals surface area contributed by atoms with E-state index >= 15 is 0 Å². The summed E-state index contributed by atoms with van der Waals surface area (Å²) in [6, 6.07) is 4.80. The highest BCUT2D eigenvalue weighted by Crippen LogP contribution is 2.34.